The number of Topliss-reactive ketones (excluding diaryl/α,β-unsaturated/α-hetero) is 1. The molecular formula is C13H24N2O3S. The number of carboxylic acid groups (broad SMARTS) is 1. The van der Waals surface area contributed by atoms with Crippen LogP contribution in [0.3, 0.4) is 0 Å². The van der Waals surface area contributed by atoms with Gasteiger partial charge in [0.2, 0.25) is 0 Å². The van der Waals surface area contributed by atoms with Crippen molar-refractivity contribution in [2.75, 3.05) is 18.6 Å². The van der Waals surface area contributed by atoms with E-state index in [-0.39, 0.29) is 5.78 Å². The minimum atomic E-state index is -1.27. The molecule has 0 aromatic heterocycles. The number of hydrogen-bond donors (Lipinski definition) is 3. The molecule has 5 nitrogen and oxygen atoms in total. The van der Waals surface area contributed by atoms with Crippen molar-refractivity contribution in [3.63, 3.8) is 0 Å². The molecule has 1 aliphatic carbocycles. The number of carboxylic acids is 1. The Kier molecular flexibility index (Phi) is 6.29. The van der Waals surface area contributed by atoms with E-state index in [2.05, 4.69) is 0 Å². The molecule has 1 aliphatic rings. The van der Waals surface area contributed by atoms with Gasteiger partial charge in [-0.05, 0) is 56.6 Å². The van der Waals surface area contributed by atoms with E-state index in [0.717, 1.165) is 5.75 Å². The predicted octanol–water partition coefficient (Wildman–Crippen LogP) is 0.856. The Labute approximate surface area is 118 Å². The third-order valence-electron chi connectivity index (χ3n) is 4.14. The number of thioether (sulfide) groups is 1. The number of carbonyl (C=O) groups is 2. The maximum absolute atomic E-state index is 12.4. The lowest BCUT2D eigenvalue weighted by molar-refractivity contribution is -0.158. The highest BCUT2D eigenvalue weighted by Gasteiger charge is 2.49. The molecule has 1 atom stereocenters. The SMILES string of the molecule is CSCC[C@H](N)C(=O)C1(C(=O)O)CCC(CN)CC1. The fourth-order valence-electron chi connectivity index (χ4n) is 2.70. The Hall–Kier alpha value is -0.590. The molecule has 0 aliphatic heterocycles. The molecule has 0 amide bonds. The van der Waals surface area contributed by atoms with Crippen LogP contribution in [0.15, 0.2) is 0 Å². The quantitative estimate of drug-likeness (QED) is 0.600. The zero-order valence-corrected chi connectivity index (χ0v) is 12.2. The van der Waals surface area contributed by atoms with E-state index in [1.54, 1.807) is 11.8 Å². The molecule has 19 heavy (non-hydrogen) atoms. The molecule has 1 fully saturated rings. The van der Waals surface area contributed by atoms with E-state index in [0.29, 0.717) is 44.6 Å². The molecule has 0 heterocycles. The third kappa shape index (κ3) is 3.70. The first kappa shape index (κ1) is 16.5. The number of carbonyl (C=O) groups excluding carboxylic acids is 1. The maximum atomic E-state index is 12.4. The van der Waals surface area contributed by atoms with Gasteiger partial charge in [0, 0.05) is 0 Å². The Morgan fingerprint density at radius 1 is 1.42 bits per heavy atom. The lowest BCUT2D eigenvalue weighted by Gasteiger charge is -2.36. The first-order valence-corrected chi connectivity index (χ1v) is 8.09. The second-order valence-corrected chi connectivity index (χ2v) is 6.30. The Morgan fingerprint density at radius 3 is 2.42 bits per heavy atom. The fourth-order valence-corrected chi connectivity index (χ4v) is 3.19. The molecule has 6 heteroatoms. The summed E-state index contributed by atoms with van der Waals surface area (Å²) >= 11 is 1.61. The molecular weight excluding hydrogens is 264 g/mol. The van der Waals surface area contributed by atoms with Gasteiger partial charge in [0.25, 0.3) is 0 Å². The van der Waals surface area contributed by atoms with Crippen molar-refractivity contribution in [1.82, 2.24) is 0 Å². The molecule has 0 radical (unpaired) electrons. The summed E-state index contributed by atoms with van der Waals surface area (Å²) in [7, 11) is 0. The summed E-state index contributed by atoms with van der Waals surface area (Å²) in [6.07, 6.45) is 4.62. The summed E-state index contributed by atoms with van der Waals surface area (Å²) in [5, 5.41) is 9.48. The van der Waals surface area contributed by atoms with Crippen LogP contribution in [0.4, 0.5) is 0 Å². The van der Waals surface area contributed by atoms with Crippen LogP contribution >= 0.6 is 11.8 Å². The first-order chi connectivity index (χ1) is 8.97. The summed E-state index contributed by atoms with van der Waals surface area (Å²) in [4.78, 5) is 24.0. The van der Waals surface area contributed by atoms with Gasteiger partial charge in [0.1, 0.15) is 5.41 Å². The summed E-state index contributed by atoms with van der Waals surface area (Å²) in [6, 6.07) is -0.669. The second-order valence-electron chi connectivity index (χ2n) is 5.32. The summed E-state index contributed by atoms with van der Waals surface area (Å²) < 4.78 is 0. The van der Waals surface area contributed by atoms with E-state index in [9.17, 15) is 14.7 Å². The average Bonchev–Trinajstić information content (AvgIpc) is 2.43. The lowest BCUT2D eigenvalue weighted by atomic mass is 9.66. The van der Waals surface area contributed by atoms with Crippen LogP contribution in [0.2, 0.25) is 0 Å². The molecule has 0 bridgehead atoms. The molecule has 5 N–H and O–H groups in total. The maximum Gasteiger partial charge on any atom is 0.317 e. The van der Waals surface area contributed by atoms with Gasteiger partial charge in [-0.25, -0.2) is 0 Å². The molecule has 1 rings (SSSR count). The minimum Gasteiger partial charge on any atom is -0.480 e. The van der Waals surface area contributed by atoms with E-state index in [4.69, 9.17) is 11.5 Å². The standard InChI is InChI=1S/C13H24N2O3S/c1-19-7-4-10(15)11(16)13(12(17)18)5-2-9(8-14)3-6-13/h9-10H,2-8,14-15H2,1H3,(H,17,18)/t9?,10-,13?/m0/s1. The van der Waals surface area contributed by atoms with Crippen molar-refractivity contribution in [1.29, 1.82) is 0 Å². The number of aliphatic carboxylic acids is 1. The number of ketones is 1. The monoisotopic (exact) mass is 288 g/mol. The second kappa shape index (κ2) is 7.26. The van der Waals surface area contributed by atoms with E-state index < -0.39 is 17.4 Å². The normalized spacial score (nSPS) is 28.9. The Morgan fingerprint density at radius 2 is 2.00 bits per heavy atom. The molecule has 0 saturated heterocycles. The van der Waals surface area contributed by atoms with Gasteiger partial charge in [0.05, 0.1) is 6.04 Å². The highest BCUT2D eigenvalue weighted by molar-refractivity contribution is 7.98. The van der Waals surface area contributed by atoms with Crippen LogP contribution < -0.4 is 11.5 Å². The molecule has 0 aromatic carbocycles. The average molecular weight is 288 g/mol. The van der Waals surface area contributed by atoms with Crippen LogP contribution in [0.5, 0.6) is 0 Å². The highest BCUT2D eigenvalue weighted by Crippen LogP contribution is 2.40. The van der Waals surface area contributed by atoms with Crippen molar-refractivity contribution in [3.8, 4) is 0 Å². The Bertz CT molecular complexity index is 328. The summed E-state index contributed by atoms with van der Waals surface area (Å²) in [5.74, 6) is -0.214. The fraction of sp³-hybridized carbons (Fsp3) is 0.846. The molecule has 110 valence electrons. The van der Waals surface area contributed by atoms with Gasteiger partial charge in [-0.3, -0.25) is 9.59 Å². The van der Waals surface area contributed by atoms with Gasteiger partial charge >= 0.3 is 5.97 Å². The highest BCUT2D eigenvalue weighted by atomic mass is 32.2. The van der Waals surface area contributed by atoms with Crippen molar-refractivity contribution < 1.29 is 14.7 Å². The topological polar surface area (TPSA) is 106 Å². The summed E-state index contributed by atoms with van der Waals surface area (Å²) in [5.41, 5.74) is 10.2. The van der Waals surface area contributed by atoms with Crippen LogP contribution in [0.1, 0.15) is 32.1 Å². The lowest BCUT2D eigenvalue weighted by Crippen LogP contribution is -2.50. The number of nitrogens with two attached hydrogens (primary N) is 2. The van der Waals surface area contributed by atoms with Crippen molar-refractivity contribution in [2.45, 2.75) is 38.1 Å². The zero-order valence-electron chi connectivity index (χ0n) is 11.4. The molecule has 0 unspecified atom stereocenters. The van der Waals surface area contributed by atoms with Crippen LogP contribution in [-0.2, 0) is 9.59 Å². The summed E-state index contributed by atoms with van der Waals surface area (Å²) in [6.45, 7) is 0.558. The van der Waals surface area contributed by atoms with Crippen molar-refractivity contribution in [3.05, 3.63) is 0 Å². The van der Waals surface area contributed by atoms with Crippen LogP contribution in [0.25, 0.3) is 0 Å². The number of rotatable bonds is 7. The smallest absolute Gasteiger partial charge is 0.317 e. The molecule has 0 spiro atoms. The predicted molar refractivity (Wildman–Crippen MR) is 77.1 cm³/mol. The zero-order chi connectivity index (χ0) is 14.5. The van der Waals surface area contributed by atoms with Crippen molar-refractivity contribution in [2.24, 2.45) is 22.8 Å². The first-order valence-electron chi connectivity index (χ1n) is 6.70. The van der Waals surface area contributed by atoms with Gasteiger partial charge in [-0.1, -0.05) is 0 Å². The minimum absolute atomic E-state index is 0.301. The largest absolute Gasteiger partial charge is 0.480 e. The molecule has 1 saturated carbocycles. The van der Waals surface area contributed by atoms with E-state index >= 15 is 0 Å². The molecule has 0 aromatic rings. The van der Waals surface area contributed by atoms with Gasteiger partial charge in [0.15, 0.2) is 5.78 Å². The van der Waals surface area contributed by atoms with Gasteiger partial charge in [-0.2, -0.15) is 11.8 Å². The van der Waals surface area contributed by atoms with Gasteiger partial charge < -0.3 is 16.6 Å². The Balaban J connectivity index is 2.77. The van der Waals surface area contributed by atoms with Gasteiger partial charge in [-0.15, -0.1) is 0 Å². The van der Waals surface area contributed by atoms with E-state index in [1.807, 2.05) is 6.26 Å². The van der Waals surface area contributed by atoms with Crippen molar-refractivity contribution >= 4 is 23.5 Å². The number of hydrogen-bond acceptors (Lipinski definition) is 5. The van der Waals surface area contributed by atoms with E-state index in [1.165, 1.54) is 0 Å². The van der Waals surface area contributed by atoms with Crippen LogP contribution in [0, 0.1) is 11.3 Å². The van der Waals surface area contributed by atoms with Crippen LogP contribution in [-0.4, -0.2) is 41.5 Å². The third-order valence-corrected chi connectivity index (χ3v) is 4.79.